The number of halogens is 1. The molecule has 1 unspecified atom stereocenters. The van der Waals surface area contributed by atoms with Gasteiger partial charge in [0.15, 0.2) is 0 Å². The van der Waals surface area contributed by atoms with Gasteiger partial charge < -0.3 is 9.47 Å². The Labute approximate surface area is 84.9 Å². The first-order valence-electron chi connectivity index (χ1n) is 4.84. The van der Waals surface area contributed by atoms with Gasteiger partial charge in [-0.15, -0.1) is 11.6 Å². The van der Waals surface area contributed by atoms with E-state index in [0.717, 1.165) is 39.5 Å². The van der Waals surface area contributed by atoms with E-state index in [-0.39, 0.29) is 6.10 Å². The van der Waals surface area contributed by atoms with Crippen LogP contribution in [-0.4, -0.2) is 56.3 Å². The highest BCUT2D eigenvalue weighted by atomic mass is 35.5. The lowest BCUT2D eigenvalue weighted by molar-refractivity contribution is -0.0247. The summed E-state index contributed by atoms with van der Waals surface area (Å²) in [6, 6.07) is 0. The fourth-order valence-corrected chi connectivity index (χ4v) is 1.60. The number of hydrogen-bond acceptors (Lipinski definition) is 3. The van der Waals surface area contributed by atoms with Crippen LogP contribution in [0.5, 0.6) is 0 Å². The molecular formula is C9H18ClNO2. The molecule has 0 spiro atoms. The molecule has 0 aliphatic carbocycles. The number of hydrogen-bond donors (Lipinski definition) is 0. The summed E-state index contributed by atoms with van der Waals surface area (Å²) in [7, 11) is 0. The second-order valence-corrected chi connectivity index (χ2v) is 3.45. The van der Waals surface area contributed by atoms with Crippen LogP contribution in [0.1, 0.15) is 6.92 Å². The fraction of sp³-hybridized carbons (Fsp3) is 1.00. The van der Waals surface area contributed by atoms with Crippen LogP contribution >= 0.6 is 11.6 Å². The summed E-state index contributed by atoms with van der Waals surface area (Å²) in [6.07, 6.45) is 0.206. The molecule has 1 aliphatic rings. The van der Waals surface area contributed by atoms with Crippen molar-refractivity contribution in [2.24, 2.45) is 0 Å². The van der Waals surface area contributed by atoms with Crippen molar-refractivity contribution >= 4 is 11.6 Å². The van der Waals surface area contributed by atoms with Crippen molar-refractivity contribution in [2.75, 3.05) is 45.3 Å². The van der Waals surface area contributed by atoms with Gasteiger partial charge in [-0.3, -0.25) is 4.90 Å². The van der Waals surface area contributed by atoms with Crippen LogP contribution in [0.15, 0.2) is 0 Å². The van der Waals surface area contributed by atoms with Gasteiger partial charge in [-0.1, -0.05) is 0 Å². The molecule has 13 heavy (non-hydrogen) atoms. The average molecular weight is 208 g/mol. The third-order valence-electron chi connectivity index (χ3n) is 2.15. The molecule has 4 heteroatoms. The van der Waals surface area contributed by atoms with E-state index in [4.69, 9.17) is 21.1 Å². The summed E-state index contributed by atoms with van der Waals surface area (Å²) in [4.78, 5) is 2.34. The molecule has 0 radical (unpaired) electrons. The lowest BCUT2D eigenvalue weighted by Gasteiger charge is -2.31. The quantitative estimate of drug-likeness (QED) is 0.495. The molecule has 1 heterocycles. The molecule has 1 rings (SSSR count). The summed E-state index contributed by atoms with van der Waals surface area (Å²) < 4.78 is 10.7. The minimum atomic E-state index is 0.206. The van der Waals surface area contributed by atoms with Gasteiger partial charge in [-0.2, -0.15) is 0 Å². The summed E-state index contributed by atoms with van der Waals surface area (Å²) in [5.41, 5.74) is 0. The zero-order valence-corrected chi connectivity index (χ0v) is 8.92. The first kappa shape index (κ1) is 11.2. The van der Waals surface area contributed by atoms with Crippen LogP contribution in [-0.2, 0) is 9.47 Å². The molecule has 0 saturated carbocycles. The molecule has 78 valence electrons. The van der Waals surface area contributed by atoms with E-state index in [0.29, 0.717) is 5.88 Å². The van der Waals surface area contributed by atoms with Gasteiger partial charge >= 0.3 is 0 Å². The first-order chi connectivity index (χ1) is 6.36. The Balaban J connectivity index is 2.11. The maximum absolute atomic E-state index is 5.72. The lowest BCUT2D eigenvalue weighted by Crippen LogP contribution is -2.44. The normalized spacial score (nSPS) is 24.9. The van der Waals surface area contributed by atoms with Crippen LogP contribution < -0.4 is 0 Å². The zero-order valence-electron chi connectivity index (χ0n) is 8.17. The Hall–Kier alpha value is 0.170. The summed E-state index contributed by atoms with van der Waals surface area (Å²) >= 11 is 5.72. The maximum atomic E-state index is 5.72. The average Bonchev–Trinajstić information content (AvgIpc) is 2.19. The molecule has 1 atom stereocenters. The van der Waals surface area contributed by atoms with Gasteiger partial charge in [0.25, 0.3) is 0 Å². The predicted octanol–water partition coefficient (Wildman–Crippen LogP) is 0.962. The maximum Gasteiger partial charge on any atom is 0.0837 e. The molecule has 0 aromatic carbocycles. The number of ether oxygens (including phenoxy) is 2. The van der Waals surface area contributed by atoms with Crippen LogP contribution in [0.25, 0.3) is 0 Å². The summed E-state index contributed by atoms with van der Waals surface area (Å²) in [6.45, 7) is 7.35. The van der Waals surface area contributed by atoms with Gasteiger partial charge in [0.05, 0.1) is 19.3 Å². The smallest absolute Gasteiger partial charge is 0.0837 e. The van der Waals surface area contributed by atoms with Crippen LogP contribution in [0, 0.1) is 0 Å². The van der Waals surface area contributed by atoms with Crippen molar-refractivity contribution in [2.45, 2.75) is 13.0 Å². The highest BCUT2D eigenvalue weighted by Gasteiger charge is 2.18. The molecule has 0 aromatic heterocycles. The fourth-order valence-electron chi connectivity index (χ4n) is 1.41. The van der Waals surface area contributed by atoms with E-state index in [1.54, 1.807) is 0 Å². The summed E-state index contributed by atoms with van der Waals surface area (Å²) in [5, 5.41) is 0. The van der Waals surface area contributed by atoms with E-state index in [1.807, 2.05) is 6.92 Å². The molecule has 0 bridgehead atoms. The van der Waals surface area contributed by atoms with Crippen molar-refractivity contribution in [3.8, 4) is 0 Å². The molecule has 1 fully saturated rings. The monoisotopic (exact) mass is 207 g/mol. The standard InChI is InChI=1S/C9H18ClNO2/c1-2-12-5-3-11-4-6-13-9(7-10)8-11/h9H,2-8H2,1H3. The number of nitrogens with zero attached hydrogens (tertiary/aromatic N) is 1. The third-order valence-corrected chi connectivity index (χ3v) is 2.50. The molecule has 1 saturated heterocycles. The highest BCUT2D eigenvalue weighted by molar-refractivity contribution is 6.18. The van der Waals surface area contributed by atoms with Crippen molar-refractivity contribution < 1.29 is 9.47 Å². The van der Waals surface area contributed by atoms with Crippen molar-refractivity contribution in [3.05, 3.63) is 0 Å². The van der Waals surface area contributed by atoms with Gasteiger partial charge in [-0.05, 0) is 6.92 Å². The second-order valence-electron chi connectivity index (χ2n) is 3.14. The zero-order chi connectivity index (χ0) is 9.52. The van der Waals surface area contributed by atoms with Gasteiger partial charge in [0.2, 0.25) is 0 Å². The molecule has 1 aliphatic heterocycles. The van der Waals surface area contributed by atoms with Crippen LogP contribution in [0.3, 0.4) is 0 Å². The van der Waals surface area contributed by atoms with E-state index >= 15 is 0 Å². The number of morpholine rings is 1. The van der Waals surface area contributed by atoms with E-state index in [1.165, 1.54) is 0 Å². The topological polar surface area (TPSA) is 21.7 Å². The lowest BCUT2D eigenvalue weighted by atomic mass is 10.3. The molecule has 3 nitrogen and oxygen atoms in total. The minimum absolute atomic E-state index is 0.206. The van der Waals surface area contributed by atoms with Crippen LogP contribution in [0.4, 0.5) is 0 Å². The van der Waals surface area contributed by atoms with Gasteiger partial charge in [-0.25, -0.2) is 0 Å². The van der Waals surface area contributed by atoms with Crippen LogP contribution in [0.2, 0.25) is 0 Å². The Morgan fingerprint density at radius 3 is 3.15 bits per heavy atom. The van der Waals surface area contributed by atoms with E-state index in [9.17, 15) is 0 Å². The van der Waals surface area contributed by atoms with Crippen molar-refractivity contribution in [3.63, 3.8) is 0 Å². The Morgan fingerprint density at radius 2 is 2.46 bits per heavy atom. The Bertz CT molecular complexity index is 135. The van der Waals surface area contributed by atoms with Crippen molar-refractivity contribution in [1.82, 2.24) is 4.90 Å². The van der Waals surface area contributed by atoms with E-state index in [2.05, 4.69) is 4.90 Å². The van der Waals surface area contributed by atoms with E-state index < -0.39 is 0 Å². The number of alkyl halides is 1. The third kappa shape index (κ3) is 4.27. The summed E-state index contributed by atoms with van der Waals surface area (Å²) in [5.74, 6) is 0.588. The molecule has 0 amide bonds. The second kappa shape index (κ2) is 6.60. The largest absolute Gasteiger partial charge is 0.380 e. The van der Waals surface area contributed by atoms with Gasteiger partial charge in [0, 0.05) is 32.1 Å². The Morgan fingerprint density at radius 1 is 1.62 bits per heavy atom. The minimum Gasteiger partial charge on any atom is -0.380 e. The SMILES string of the molecule is CCOCCN1CCOC(CCl)C1. The van der Waals surface area contributed by atoms with Crippen molar-refractivity contribution in [1.29, 1.82) is 0 Å². The number of rotatable bonds is 5. The highest BCUT2D eigenvalue weighted by Crippen LogP contribution is 2.05. The molecule has 0 aromatic rings. The predicted molar refractivity (Wildman–Crippen MR) is 53.4 cm³/mol. The Kier molecular flexibility index (Phi) is 5.71. The molecule has 0 N–H and O–H groups in total. The molecular weight excluding hydrogens is 190 g/mol. The first-order valence-corrected chi connectivity index (χ1v) is 5.38. The van der Waals surface area contributed by atoms with Gasteiger partial charge in [0.1, 0.15) is 0 Å².